The number of aliphatic hydroxyl groups is 1. The van der Waals surface area contributed by atoms with E-state index in [1.807, 2.05) is 0 Å². The van der Waals surface area contributed by atoms with Crippen LogP contribution in [0.25, 0.3) is 0 Å². The molecule has 3 nitrogen and oxygen atoms in total. The highest BCUT2D eigenvalue weighted by atomic mass is 16.5. The van der Waals surface area contributed by atoms with Gasteiger partial charge >= 0.3 is 0 Å². The van der Waals surface area contributed by atoms with E-state index in [1.165, 1.54) is 12.8 Å². The van der Waals surface area contributed by atoms with Crippen molar-refractivity contribution in [3.63, 3.8) is 0 Å². The number of methoxy groups -OCH3 is 1. The minimum atomic E-state index is -0.342. The third-order valence-electron chi connectivity index (χ3n) is 1.58. The molecule has 0 aromatic rings. The molecule has 0 heterocycles. The number of hydrogen-bond donors (Lipinski definition) is 2. The molecule has 2 N–H and O–H groups in total. The molecule has 0 aromatic carbocycles. The molecule has 0 bridgehead atoms. The molecule has 0 spiro atoms. The Morgan fingerprint density at radius 2 is 2.40 bits per heavy atom. The van der Waals surface area contributed by atoms with Crippen LogP contribution in [0.3, 0.4) is 0 Å². The van der Waals surface area contributed by atoms with Gasteiger partial charge in [-0.05, 0) is 12.8 Å². The highest BCUT2D eigenvalue weighted by Crippen LogP contribution is 2.18. The fourth-order valence-electron chi connectivity index (χ4n) is 0.841. The molecule has 1 atom stereocenters. The highest BCUT2D eigenvalue weighted by molar-refractivity contribution is 4.81. The van der Waals surface area contributed by atoms with E-state index in [0.29, 0.717) is 19.2 Å². The van der Waals surface area contributed by atoms with Gasteiger partial charge in [-0.15, -0.1) is 0 Å². The van der Waals surface area contributed by atoms with E-state index in [1.54, 1.807) is 7.11 Å². The molecular formula is C7H15NO2. The van der Waals surface area contributed by atoms with Gasteiger partial charge in [-0.3, -0.25) is 0 Å². The molecule has 60 valence electrons. The van der Waals surface area contributed by atoms with Crippen LogP contribution in [0.2, 0.25) is 0 Å². The third-order valence-corrected chi connectivity index (χ3v) is 1.58. The lowest BCUT2D eigenvalue weighted by atomic mass is 10.4. The number of nitrogens with one attached hydrogen (secondary N) is 1. The molecule has 1 rings (SSSR count). The second kappa shape index (κ2) is 3.91. The monoisotopic (exact) mass is 145 g/mol. The normalized spacial score (nSPS) is 21.0. The van der Waals surface area contributed by atoms with Crippen molar-refractivity contribution in [3.8, 4) is 0 Å². The molecule has 0 radical (unpaired) electrons. The fourth-order valence-corrected chi connectivity index (χ4v) is 0.841. The minimum absolute atomic E-state index is 0.342. The van der Waals surface area contributed by atoms with Crippen LogP contribution in [0.4, 0.5) is 0 Å². The van der Waals surface area contributed by atoms with Crippen molar-refractivity contribution in [1.29, 1.82) is 0 Å². The second-order valence-electron chi connectivity index (χ2n) is 2.79. The summed E-state index contributed by atoms with van der Waals surface area (Å²) in [6.45, 7) is 1.10. The number of rotatable bonds is 5. The highest BCUT2D eigenvalue weighted by Gasteiger charge is 2.20. The van der Waals surface area contributed by atoms with E-state index >= 15 is 0 Å². The van der Waals surface area contributed by atoms with Crippen LogP contribution in [0.1, 0.15) is 12.8 Å². The van der Waals surface area contributed by atoms with E-state index < -0.39 is 0 Å². The van der Waals surface area contributed by atoms with E-state index in [-0.39, 0.29) is 6.10 Å². The van der Waals surface area contributed by atoms with Gasteiger partial charge in [-0.2, -0.15) is 0 Å². The molecule has 0 aromatic heterocycles. The maximum atomic E-state index is 9.14. The summed E-state index contributed by atoms with van der Waals surface area (Å²) in [6.07, 6.45) is 2.19. The number of hydrogen-bond acceptors (Lipinski definition) is 3. The average molecular weight is 145 g/mol. The zero-order chi connectivity index (χ0) is 7.40. The molecule has 10 heavy (non-hydrogen) atoms. The molecule has 1 aliphatic carbocycles. The summed E-state index contributed by atoms with van der Waals surface area (Å²) in [7, 11) is 1.60. The molecule has 1 aliphatic rings. The maximum absolute atomic E-state index is 9.14. The Hall–Kier alpha value is -0.120. The predicted octanol–water partition coefficient (Wildman–Crippen LogP) is -0.254. The standard InChI is InChI=1S/C7H15NO2/c1-10-5-7(9)4-8-6-2-3-6/h6-9H,2-5H2,1H3/t7-/m1/s1. The Balaban J connectivity index is 1.89. The van der Waals surface area contributed by atoms with Gasteiger partial charge < -0.3 is 15.2 Å². The van der Waals surface area contributed by atoms with E-state index in [0.717, 1.165) is 0 Å². The van der Waals surface area contributed by atoms with Gasteiger partial charge in [0.2, 0.25) is 0 Å². The zero-order valence-electron chi connectivity index (χ0n) is 6.34. The molecule has 3 heteroatoms. The molecule has 0 unspecified atom stereocenters. The van der Waals surface area contributed by atoms with Gasteiger partial charge in [-0.25, -0.2) is 0 Å². The molecule has 1 fully saturated rings. The molecule has 1 saturated carbocycles. The quantitative estimate of drug-likeness (QED) is 0.560. The van der Waals surface area contributed by atoms with Crippen molar-refractivity contribution in [1.82, 2.24) is 5.32 Å². The molecule has 0 saturated heterocycles. The summed E-state index contributed by atoms with van der Waals surface area (Å²) < 4.78 is 4.77. The fraction of sp³-hybridized carbons (Fsp3) is 1.00. The van der Waals surface area contributed by atoms with Gasteiger partial charge in [-0.1, -0.05) is 0 Å². The van der Waals surface area contributed by atoms with Gasteiger partial charge in [0.05, 0.1) is 12.7 Å². The zero-order valence-corrected chi connectivity index (χ0v) is 6.34. The molecule has 0 amide bonds. The molecular weight excluding hydrogens is 130 g/mol. The van der Waals surface area contributed by atoms with Crippen LogP contribution in [0, 0.1) is 0 Å². The Kier molecular flexibility index (Phi) is 3.12. The van der Waals surface area contributed by atoms with Gasteiger partial charge in [0, 0.05) is 19.7 Å². The van der Waals surface area contributed by atoms with E-state index in [9.17, 15) is 0 Å². The lowest BCUT2D eigenvalue weighted by molar-refractivity contribution is 0.0644. The summed E-state index contributed by atoms with van der Waals surface area (Å²) in [4.78, 5) is 0. The summed E-state index contributed by atoms with van der Waals surface area (Å²) >= 11 is 0. The number of ether oxygens (including phenoxy) is 1. The Labute approximate surface area is 61.4 Å². The second-order valence-corrected chi connectivity index (χ2v) is 2.79. The molecule has 0 aliphatic heterocycles. The Morgan fingerprint density at radius 3 is 2.90 bits per heavy atom. The third kappa shape index (κ3) is 3.15. The minimum Gasteiger partial charge on any atom is -0.389 e. The van der Waals surface area contributed by atoms with Crippen molar-refractivity contribution in [3.05, 3.63) is 0 Å². The first-order chi connectivity index (χ1) is 4.83. The summed E-state index contributed by atoms with van der Waals surface area (Å²) in [5.41, 5.74) is 0. The maximum Gasteiger partial charge on any atom is 0.0897 e. The van der Waals surface area contributed by atoms with Crippen LogP contribution in [0.5, 0.6) is 0 Å². The van der Waals surface area contributed by atoms with Crippen molar-refractivity contribution in [2.24, 2.45) is 0 Å². The van der Waals surface area contributed by atoms with Crippen LogP contribution >= 0.6 is 0 Å². The largest absolute Gasteiger partial charge is 0.389 e. The first kappa shape index (κ1) is 7.98. The lowest BCUT2D eigenvalue weighted by Gasteiger charge is -2.09. The van der Waals surface area contributed by atoms with Crippen molar-refractivity contribution in [2.45, 2.75) is 25.0 Å². The SMILES string of the molecule is COC[C@H](O)CNC1CC1. The van der Waals surface area contributed by atoms with E-state index in [2.05, 4.69) is 5.32 Å². The van der Waals surface area contributed by atoms with Crippen molar-refractivity contribution < 1.29 is 9.84 Å². The van der Waals surface area contributed by atoms with Crippen molar-refractivity contribution in [2.75, 3.05) is 20.3 Å². The summed E-state index contributed by atoms with van der Waals surface area (Å²) in [5.74, 6) is 0. The van der Waals surface area contributed by atoms with Gasteiger partial charge in [0.1, 0.15) is 0 Å². The average Bonchev–Trinajstić information content (AvgIpc) is 2.67. The van der Waals surface area contributed by atoms with E-state index in [4.69, 9.17) is 9.84 Å². The van der Waals surface area contributed by atoms with Crippen molar-refractivity contribution >= 4 is 0 Å². The van der Waals surface area contributed by atoms with Gasteiger partial charge in [0.15, 0.2) is 0 Å². The van der Waals surface area contributed by atoms with Gasteiger partial charge in [0.25, 0.3) is 0 Å². The summed E-state index contributed by atoms with van der Waals surface area (Å²) in [6, 6.07) is 0.673. The predicted molar refractivity (Wildman–Crippen MR) is 38.9 cm³/mol. The van der Waals surface area contributed by atoms with Crippen LogP contribution < -0.4 is 5.32 Å². The Morgan fingerprint density at radius 1 is 1.70 bits per heavy atom. The number of aliphatic hydroxyl groups excluding tert-OH is 1. The Bertz CT molecular complexity index is 93.6. The first-order valence-electron chi connectivity index (χ1n) is 3.73. The smallest absolute Gasteiger partial charge is 0.0897 e. The topological polar surface area (TPSA) is 41.5 Å². The summed E-state index contributed by atoms with van der Waals surface area (Å²) in [5, 5.41) is 12.3. The lowest BCUT2D eigenvalue weighted by Crippen LogP contribution is -2.31. The first-order valence-corrected chi connectivity index (χ1v) is 3.73. The van der Waals surface area contributed by atoms with Crippen LogP contribution in [-0.2, 0) is 4.74 Å². The van der Waals surface area contributed by atoms with Crippen LogP contribution in [-0.4, -0.2) is 37.5 Å². The van der Waals surface area contributed by atoms with Crippen LogP contribution in [0.15, 0.2) is 0 Å².